The lowest BCUT2D eigenvalue weighted by Crippen LogP contribution is -2.40. The van der Waals surface area contributed by atoms with E-state index in [-0.39, 0.29) is 31.0 Å². The summed E-state index contributed by atoms with van der Waals surface area (Å²) in [6, 6.07) is 0. The van der Waals surface area contributed by atoms with Crippen LogP contribution in [0, 0.1) is 5.92 Å². The van der Waals surface area contributed by atoms with Gasteiger partial charge in [0.2, 0.25) is 0 Å². The summed E-state index contributed by atoms with van der Waals surface area (Å²) in [6.07, 6.45) is 0.204. The second kappa shape index (κ2) is 7.61. The number of rotatable bonds is 2. The Kier molecular flexibility index (Phi) is 12.8. The van der Waals surface area contributed by atoms with Crippen LogP contribution in [0.4, 0.5) is 0 Å². The summed E-state index contributed by atoms with van der Waals surface area (Å²) in [7, 11) is 3.98. The van der Waals surface area contributed by atoms with Crippen LogP contribution in [0.15, 0.2) is 0 Å². The molecule has 0 heterocycles. The fraction of sp³-hybridized carbons (Fsp3) is 1.00. The van der Waals surface area contributed by atoms with E-state index in [9.17, 15) is 0 Å². The summed E-state index contributed by atoms with van der Waals surface area (Å²) in [5, 5.41) is 0. The second-order valence-electron chi connectivity index (χ2n) is 2.70. The van der Waals surface area contributed by atoms with Gasteiger partial charge >= 0.3 is 0 Å². The van der Waals surface area contributed by atoms with Crippen LogP contribution < -0.4 is 5.73 Å². The van der Waals surface area contributed by atoms with Gasteiger partial charge in [-0.1, -0.05) is 13.8 Å². The van der Waals surface area contributed by atoms with Crippen molar-refractivity contribution < 1.29 is 0 Å². The highest BCUT2D eigenvalue weighted by Gasteiger charge is 2.07. The van der Waals surface area contributed by atoms with Gasteiger partial charge in [0, 0.05) is 0 Å². The molecule has 0 fully saturated rings. The topological polar surface area (TPSA) is 29.3 Å². The first-order valence-corrected chi connectivity index (χ1v) is 2.97. The van der Waals surface area contributed by atoms with E-state index in [1.807, 2.05) is 19.0 Å². The minimum absolute atomic E-state index is 0. The zero-order valence-corrected chi connectivity index (χ0v) is 8.63. The van der Waals surface area contributed by atoms with Gasteiger partial charge in [0.15, 0.2) is 0 Å². The predicted octanol–water partition coefficient (Wildman–Crippen LogP) is 1.33. The largest absolute Gasteiger partial charge is 0.316 e. The Hall–Kier alpha value is 0.500. The summed E-state index contributed by atoms with van der Waals surface area (Å²) in [5.41, 5.74) is 5.69. The molecule has 4 heteroatoms. The standard InChI is InChI=1S/C6H16N2.2ClH/c1-5(2)6(7)8(3)4;;/h5-6H,7H2,1-4H3;2*1H. The highest BCUT2D eigenvalue weighted by atomic mass is 35.5. The average molecular weight is 189 g/mol. The van der Waals surface area contributed by atoms with Crippen molar-refractivity contribution in [3.8, 4) is 0 Å². The van der Waals surface area contributed by atoms with E-state index in [0.29, 0.717) is 5.92 Å². The van der Waals surface area contributed by atoms with Crippen LogP contribution in [0.25, 0.3) is 0 Å². The van der Waals surface area contributed by atoms with Gasteiger partial charge < -0.3 is 5.73 Å². The van der Waals surface area contributed by atoms with Crippen LogP contribution in [0.3, 0.4) is 0 Å². The molecule has 0 rings (SSSR count). The molecule has 0 aliphatic carbocycles. The third kappa shape index (κ3) is 6.62. The Morgan fingerprint density at radius 3 is 1.40 bits per heavy atom. The van der Waals surface area contributed by atoms with Crippen LogP contribution in [0.5, 0.6) is 0 Å². The SMILES string of the molecule is CC(C)C(N)N(C)C.Cl.Cl. The number of halogens is 2. The number of nitrogens with two attached hydrogens (primary N) is 1. The minimum atomic E-state index is 0. The molecule has 2 nitrogen and oxygen atoms in total. The molecule has 0 aromatic carbocycles. The first-order valence-electron chi connectivity index (χ1n) is 2.97. The molecule has 0 aromatic heterocycles. The fourth-order valence-electron chi connectivity index (χ4n) is 0.596. The predicted molar refractivity (Wildman–Crippen MR) is 51.0 cm³/mol. The van der Waals surface area contributed by atoms with Gasteiger partial charge in [-0.15, -0.1) is 24.8 Å². The molecule has 0 spiro atoms. The van der Waals surface area contributed by atoms with E-state index in [4.69, 9.17) is 5.73 Å². The molecular weight excluding hydrogens is 171 g/mol. The Balaban J connectivity index is -0.000000245. The first kappa shape index (κ1) is 16.8. The Morgan fingerprint density at radius 1 is 1.10 bits per heavy atom. The Bertz CT molecular complexity index is 58.8. The van der Waals surface area contributed by atoms with Crippen molar-refractivity contribution >= 4 is 24.8 Å². The van der Waals surface area contributed by atoms with Crippen LogP contribution in [-0.4, -0.2) is 25.2 Å². The summed E-state index contributed by atoms with van der Waals surface area (Å²) < 4.78 is 0. The first-order chi connectivity index (χ1) is 3.55. The number of nitrogens with zero attached hydrogens (tertiary/aromatic N) is 1. The van der Waals surface area contributed by atoms with Crippen molar-refractivity contribution in [2.45, 2.75) is 20.0 Å². The molecule has 10 heavy (non-hydrogen) atoms. The third-order valence-electron chi connectivity index (χ3n) is 1.28. The van der Waals surface area contributed by atoms with Crippen LogP contribution >= 0.6 is 24.8 Å². The van der Waals surface area contributed by atoms with Crippen molar-refractivity contribution in [1.82, 2.24) is 4.90 Å². The lowest BCUT2D eigenvalue weighted by molar-refractivity contribution is 0.238. The van der Waals surface area contributed by atoms with Gasteiger partial charge in [-0.2, -0.15) is 0 Å². The molecular formula is C6H18Cl2N2. The lowest BCUT2D eigenvalue weighted by Gasteiger charge is -2.22. The van der Waals surface area contributed by atoms with Gasteiger partial charge in [0.05, 0.1) is 6.17 Å². The monoisotopic (exact) mass is 188 g/mol. The molecule has 0 aliphatic rings. The van der Waals surface area contributed by atoms with Gasteiger partial charge in [-0.25, -0.2) is 0 Å². The maximum atomic E-state index is 5.69. The van der Waals surface area contributed by atoms with Crippen LogP contribution in [0.1, 0.15) is 13.8 Å². The third-order valence-corrected chi connectivity index (χ3v) is 1.28. The molecule has 66 valence electrons. The van der Waals surface area contributed by atoms with Crippen LogP contribution in [0.2, 0.25) is 0 Å². The number of hydrogen-bond acceptors (Lipinski definition) is 2. The minimum Gasteiger partial charge on any atom is -0.316 e. The summed E-state index contributed by atoms with van der Waals surface area (Å²) in [4.78, 5) is 2.02. The van der Waals surface area contributed by atoms with E-state index < -0.39 is 0 Å². The van der Waals surface area contributed by atoms with Crippen LogP contribution in [-0.2, 0) is 0 Å². The molecule has 0 aromatic rings. The van der Waals surface area contributed by atoms with E-state index in [0.717, 1.165) is 0 Å². The molecule has 2 N–H and O–H groups in total. The maximum Gasteiger partial charge on any atom is 0.0590 e. The zero-order chi connectivity index (χ0) is 6.73. The second-order valence-corrected chi connectivity index (χ2v) is 2.70. The Labute approximate surface area is 76.0 Å². The molecule has 1 atom stereocenters. The lowest BCUT2D eigenvalue weighted by atomic mass is 10.1. The fourth-order valence-corrected chi connectivity index (χ4v) is 0.596. The van der Waals surface area contributed by atoms with Crippen molar-refractivity contribution in [2.24, 2.45) is 11.7 Å². The van der Waals surface area contributed by atoms with Crippen molar-refractivity contribution in [3.05, 3.63) is 0 Å². The van der Waals surface area contributed by atoms with Crippen molar-refractivity contribution in [1.29, 1.82) is 0 Å². The zero-order valence-electron chi connectivity index (χ0n) is 7.00. The normalized spacial score (nSPS) is 12.3. The highest BCUT2D eigenvalue weighted by Crippen LogP contribution is 1.98. The van der Waals surface area contributed by atoms with Crippen molar-refractivity contribution in [3.63, 3.8) is 0 Å². The number of hydrogen-bond donors (Lipinski definition) is 1. The van der Waals surface area contributed by atoms with Gasteiger partial charge in [-0.3, -0.25) is 4.90 Å². The molecule has 0 amide bonds. The van der Waals surface area contributed by atoms with Gasteiger partial charge in [0.25, 0.3) is 0 Å². The smallest absolute Gasteiger partial charge is 0.0590 e. The van der Waals surface area contributed by atoms with E-state index in [1.165, 1.54) is 0 Å². The van der Waals surface area contributed by atoms with E-state index in [2.05, 4.69) is 13.8 Å². The molecule has 0 saturated carbocycles. The summed E-state index contributed by atoms with van der Waals surface area (Å²) >= 11 is 0. The summed E-state index contributed by atoms with van der Waals surface area (Å²) in [5.74, 6) is 0.546. The van der Waals surface area contributed by atoms with Crippen molar-refractivity contribution in [2.75, 3.05) is 14.1 Å². The molecule has 0 radical (unpaired) electrons. The molecule has 0 saturated heterocycles. The Morgan fingerprint density at radius 2 is 1.40 bits per heavy atom. The average Bonchev–Trinajstić information content (AvgIpc) is 1.64. The van der Waals surface area contributed by atoms with E-state index >= 15 is 0 Å². The van der Waals surface area contributed by atoms with Gasteiger partial charge in [-0.05, 0) is 20.0 Å². The summed E-state index contributed by atoms with van der Waals surface area (Å²) in [6.45, 7) is 4.23. The quantitative estimate of drug-likeness (QED) is 0.664. The highest BCUT2D eigenvalue weighted by molar-refractivity contribution is 5.85. The molecule has 0 aliphatic heterocycles. The molecule has 0 bridgehead atoms. The van der Waals surface area contributed by atoms with E-state index in [1.54, 1.807) is 0 Å². The van der Waals surface area contributed by atoms with Gasteiger partial charge in [0.1, 0.15) is 0 Å². The molecule has 1 unspecified atom stereocenters. The maximum absolute atomic E-state index is 5.69.